The molecule has 0 bridgehead atoms. The minimum Gasteiger partial charge on any atom is -0.480 e. The second-order valence-corrected chi connectivity index (χ2v) is 4.05. The summed E-state index contributed by atoms with van der Waals surface area (Å²) in [4.78, 5) is 24.0. The van der Waals surface area contributed by atoms with E-state index in [2.05, 4.69) is 20.9 Å². The summed E-state index contributed by atoms with van der Waals surface area (Å²) < 4.78 is 0. The molecule has 0 aromatic carbocycles. The Kier molecular flexibility index (Phi) is 5.71. The van der Waals surface area contributed by atoms with Gasteiger partial charge in [0.15, 0.2) is 0 Å². The first-order valence-corrected chi connectivity index (χ1v) is 5.80. The van der Waals surface area contributed by atoms with E-state index in [1.807, 2.05) is 0 Å². The Morgan fingerprint density at radius 2 is 2.06 bits per heavy atom. The van der Waals surface area contributed by atoms with Gasteiger partial charge in [0.25, 0.3) is 0 Å². The second kappa shape index (κ2) is 7.08. The first kappa shape index (κ1) is 13.7. The number of carboxylic acid groups (broad SMARTS) is 1. The van der Waals surface area contributed by atoms with Gasteiger partial charge in [0.05, 0.1) is 0 Å². The zero-order valence-electron chi connectivity index (χ0n) is 10.0. The first-order chi connectivity index (χ1) is 8.09. The van der Waals surface area contributed by atoms with Gasteiger partial charge < -0.3 is 21.1 Å². The normalized spacial score (nSPS) is 18.4. The molecule has 1 aliphatic heterocycles. The Labute approximate surface area is 101 Å². The molecule has 0 unspecified atom stereocenters. The molecule has 0 aliphatic carbocycles. The zero-order valence-corrected chi connectivity index (χ0v) is 10.0. The molecule has 4 N–H and O–H groups in total. The predicted molar refractivity (Wildman–Crippen MR) is 62.9 cm³/mol. The number of hydrogen-bond acceptors (Lipinski definition) is 4. The lowest BCUT2D eigenvalue weighted by molar-refractivity contribution is -0.138. The lowest BCUT2D eigenvalue weighted by atomic mass is 10.3. The average molecular weight is 244 g/mol. The molecule has 0 radical (unpaired) electrons. The lowest BCUT2D eigenvalue weighted by Crippen LogP contribution is -2.49. The van der Waals surface area contributed by atoms with Crippen LogP contribution in [0.2, 0.25) is 0 Å². The van der Waals surface area contributed by atoms with E-state index >= 15 is 0 Å². The SMILES string of the molecule is C[C@@H](NC(=O)NCCN1CCNCC1)C(=O)O. The van der Waals surface area contributed by atoms with Crippen molar-refractivity contribution in [3.05, 3.63) is 0 Å². The van der Waals surface area contributed by atoms with Crippen LogP contribution in [0.3, 0.4) is 0 Å². The molecule has 0 saturated carbocycles. The summed E-state index contributed by atoms with van der Waals surface area (Å²) >= 11 is 0. The number of hydrogen-bond donors (Lipinski definition) is 4. The molecule has 2 amide bonds. The standard InChI is InChI=1S/C10H20N4O3/c1-8(9(15)16)13-10(17)12-4-7-14-5-2-11-3-6-14/h8,11H,2-7H2,1H3,(H,15,16)(H2,12,13,17)/t8-/m1/s1. The summed E-state index contributed by atoms with van der Waals surface area (Å²) in [5.41, 5.74) is 0. The molecule has 98 valence electrons. The van der Waals surface area contributed by atoms with Crippen LogP contribution in [-0.2, 0) is 4.79 Å². The van der Waals surface area contributed by atoms with Crippen LogP contribution in [0.1, 0.15) is 6.92 Å². The highest BCUT2D eigenvalue weighted by Crippen LogP contribution is 1.90. The van der Waals surface area contributed by atoms with Crippen LogP contribution in [0, 0.1) is 0 Å². The van der Waals surface area contributed by atoms with Crippen molar-refractivity contribution in [2.75, 3.05) is 39.3 Å². The Morgan fingerprint density at radius 1 is 1.41 bits per heavy atom. The third kappa shape index (κ3) is 5.50. The van der Waals surface area contributed by atoms with Gasteiger partial charge in [-0.15, -0.1) is 0 Å². The van der Waals surface area contributed by atoms with Crippen molar-refractivity contribution in [3.63, 3.8) is 0 Å². The highest BCUT2D eigenvalue weighted by atomic mass is 16.4. The number of aliphatic carboxylic acids is 1. The van der Waals surface area contributed by atoms with E-state index in [9.17, 15) is 9.59 Å². The van der Waals surface area contributed by atoms with Gasteiger partial charge in [0, 0.05) is 39.3 Å². The quantitative estimate of drug-likeness (QED) is 0.480. The summed E-state index contributed by atoms with van der Waals surface area (Å²) in [7, 11) is 0. The molecule has 7 nitrogen and oxygen atoms in total. The number of carbonyl (C=O) groups excluding carboxylic acids is 1. The third-order valence-electron chi connectivity index (χ3n) is 2.64. The number of nitrogens with zero attached hydrogens (tertiary/aromatic N) is 1. The van der Waals surface area contributed by atoms with Crippen LogP contribution in [0.4, 0.5) is 4.79 Å². The maximum absolute atomic E-state index is 11.3. The maximum atomic E-state index is 11.3. The first-order valence-electron chi connectivity index (χ1n) is 5.80. The molecule has 0 aromatic rings. The van der Waals surface area contributed by atoms with E-state index in [1.165, 1.54) is 6.92 Å². The predicted octanol–water partition coefficient (Wildman–Crippen LogP) is -1.34. The van der Waals surface area contributed by atoms with Crippen LogP contribution in [0.25, 0.3) is 0 Å². The van der Waals surface area contributed by atoms with Crippen LogP contribution >= 0.6 is 0 Å². The zero-order chi connectivity index (χ0) is 12.7. The molecular formula is C10H20N4O3. The van der Waals surface area contributed by atoms with Crippen molar-refractivity contribution in [2.24, 2.45) is 0 Å². The molecular weight excluding hydrogens is 224 g/mol. The number of carboxylic acids is 1. The Bertz CT molecular complexity index is 266. The van der Waals surface area contributed by atoms with Gasteiger partial charge in [-0.25, -0.2) is 4.79 Å². The van der Waals surface area contributed by atoms with Crippen molar-refractivity contribution in [1.29, 1.82) is 0 Å². The summed E-state index contributed by atoms with van der Waals surface area (Å²) in [5.74, 6) is -1.04. The summed E-state index contributed by atoms with van der Waals surface area (Å²) in [5, 5.41) is 16.8. The smallest absolute Gasteiger partial charge is 0.325 e. The summed E-state index contributed by atoms with van der Waals surface area (Å²) in [6.07, 6.45) is 0. The number of piperazine rings is 1. The van der Waals surface area contributed by atoms with E-state index in [4.69, 9.17) is 5.11 Å². The number of urea groups is 1. The van der Waals surface area contributed by atoms with Gasteiger partial charge in [-0.1, -0.05) is 0 Å². The minimum absolute atomic E-state index is 0.435. The van der Waals surface area contributed by atoms with Crippen molar-refractivity contribution in [2.45, 2.75) is 13.0 Å². The Morgan fingerprint density at radius 3 is 2.65 bits per heavy atom. The number of rotatable bonds is 5. The van der Waals surface area contributed by atoms with Gasteiger partial charge in [-0.2, -0.15) is 0 Å². The minimum atomic E-state index is -1.04. The second-order valence-electron chi connectivity index (χ2n) is 4.05. The largest absolute Gasteiger partial charge is 0.480 e. The van der Waals surface area contributed by atoms with E-state index in [0.29, 0.717) is 6.54 Å². The van der Waals surface area contributed by atoms with Gasteiger partial charge in [-0.3, -0.25) is 9.69 Å². The number of nitrogens with one attached hydrogen (secondary N) is 3. The van der Waals surface area contributed by atoms with Crippen LogP contribution < -0.4 is 16.0 Å². The fourth-order valence-corrected chi connectivity index (χ4v) is 1.57. The lowest BCUT2D eigenvalue weighted by Gasteiger charge is -2.27. The summed E-state index contributed by atoms with van der Waals surface area (Å²) in [6, 6.07) is -1.30. The van der Waals surface area contributed by atoms with Crippen LogP contribution in [0.5, 0.6) is 0 Å². The fourth-order valence-electron chi connectivity index (χ4n) is 1.57. The van der Waals surface area contributed by atoms with E-state index in [-0.39, 0.29) is 0 Å². The molecule has 17 heavy (non-hydrogen) atoms. The molecule has 7 heteroatoms. The van der Waals surface area contributed by atoms with Crippen molar-refractivity contribution in [1.82, 2.24) is 20.9 Å². The molecule has 1 rings (SSSR count). The van der Waals surface area contributed by atoms with Crippen LogP contribution in [-0.4, -0.2) is 67.3 Å². The van der Waals surface area contributed by atoms with E-state index < -0.39 is 18.0 Å². The topological polar surface area (TPSA) is 93.7 Å². The fraction of sp³-hybridized carbons (Fsp3) is 0.800. The van der Waals surface area contributed by atoms with Gasteiger partial charge >= 0.3 is 12.0 Å². The van der Waals surface area contributed by atoms with Gasteiger partial charge in [-0.05, 0) is 6.92 Å². The molecule has 1 atom stereocenters. The van der Waals surface area contributed by atoms with Gasteiger partial charge in [0.1, 0.15) is 6.04 Å². The van der Waals surface area contributed by atoms with Crippen molar-refractivity contribution < 1.29 is 14.7 Å². The maximum Gasteiger partial charge on any atom is 0.325 e. The highest BCUT2D eigenvalue weighted by Gasteiger charge is 2.14. The Balaban J connectivity index is 2.09. The third-order valence-corrected chi connectivity index (χ3v) is 2.64. The van der Waals surface area contributed by atoms with Crippen LogP contribution in [0.15, 0.2) is 0 Å². The molecule has 1 saturated heterocycles. The van der Waals surface area contributed by atoms with Crippen molar-refractivity contribution in [3.8, 4) is 0 Å². The van der Waals surface area contributed by atoms with E-state index in [1.54, 1.807) is 0 Å². The highest BCUT2D eigenvalue weighted by molar-refractivity contribution is 5.82. The number of carbonyl (C=O) groups is 2. The molecule has 0 aromatic heterocycles. The van der Waals surface area contributed by atoms with Crippen molar-refractivity contribution >= 4 is 12.0 Å². The molecule has 1 fully saturated rings. The number of amides is 2. The summed E-state index contributed by atoms with van der Waals surface area (Å²) in [6.45, 7) is 6.65. The molecule has 0 spiro atoms. The molecule has 1 heterocycles. The van der Waals surface area contributed by atoms with E-state index in [0.717, 1.165) is 32.7 Å². The average Bonchev–Trinajstić information content (AvgIpc) is 2.30. The Hall–Kier alpha value is -1.34. The molecule has 1 aliphatic rings. The van der Waals surface area contributed by atoms with Gasteiger partial charge in [0.2, 0.25) is 0 Å². The monoisotopic (exact) mass is 244 g/mol.